The number of carboxylic acids is 1. The Kier molecular flexibility index (Phi) is 3.05. The molecule has 70 valence electrons. The molecule has 0 heterocycles. The molecule has 1 saturated carbocycles. The zero-order chi connectivity index (χ0) is 9.14. The number of carbonyl (C=O) groups is 1. The molecular formula is C8H15NO3. The van der Waals surface area contributed by atoms with E-state index in [0.717, 1.165) is 12.8 Å². The van der Waals surface area contributed by atoms with Crippen LogP contribution in [0.2, 0.25) is 0 Å². The highest BCUT2D eigenvalue weighted by molar-refractivity contribution is 5.74. The van der Waals surface area contributed by atoms with Crippen molar-refractivity contribution in [2.75, 3.05) is 6.54 Å². The van der Waals surface area contributed by atoms with Crippen molar-refractivity contribution in [1.29, 1.82) is 0 Å². The third-order valence-electron chi connectivity index (χ3n) is 1.99. The van der Waals surface area contributed by atoms with Crippen molar-refractivity contribution in [3.63, 3.8) is 0 Å². The van der Waals surface area contributed by atoms with Gasteiger partial charge in [0.2, 0.25) is 0 Å². The first-order valence-corrected chi connectivity index (χ1v) is 4.25. The van der Waals surface area contributed by atoms with Crippen LogP contribution < -0.4 is 5.32 Å². The van der Waals surface area contributed by atoms with Crippen molar-refractivity contribution < 1.29 is 15.0 Å². The van der Waals surface area contributed by atoms with Crippen LogP contribution in [0.5, 0.6) is 0 Å². The molecule has 0 aliphatic heterocycles. The molecule has 4 nitrogen and oxygen atoms in total. The van der Waals surface area contributed by atoms with Crippen molar-refractivity contribution in [3.8, 4) is 0 Å². The van der Waals surface area contributed by atoms with Crippen molar-refractivity contribution in [2.24, 2.45) is 5.92 Å². The number of aliphatic hydroxyl groups excluding tert-OH is 1. The van der Waals surface area contributed by atoms with Gasteiger partial charge in [-0.15, -0.1) is 0 Å². The third kappa shape index (κ3) is 2.79. The summed E-state index contributed by atoms with van der Waals surface area (Å²) in [6.07, 6.45) is 1.50. The standard InChI is InChI=1S/C8H15NO3/c1-5(10)4-9-7(8(11)12)6-2-3-6/h5-7,9-10H,2-4H2,1H3,(H,11,12). The van der Waals surface area contributed by atoms with Crippen LogP contribution in [0.25, 0.3) is 0 Å². The maximum absolute atomic E-state index is 10.6. The average Bonchev–Trinajstić information content (AvgIpc) is 2.69. The van der Waals surface area contributed by atoms with Gasteiger partial charge in [-0.1, -0.05) is 0 Å². The molecule has 4 heteroatoms. The summed E-state index contributed by atoms with van der Waals surface area (Å²) in [4.78, 5) is 10.6. The molecule has 0 aromatic rings. The largest absolute Gasteiger partial charge is 0.480 e. The topological polar surface area (TPSA) is 69.6 Å². The van der Waals surface area contributed by atoms with E-state index >= 15 is 0 Å². The Hall–Kier alpha value is -0.610. The molecule has 3 N–H and O–H groups in total. The zero-order valence-electron chi connectivity index (χ0n) is 7.16. The van der Waals surface area contributed by atoms with Crippen LogP contribution in [0.1, 0.15) is 19.8 Å². The fourth-order valence-corrected chi connectivity index (χ4v) is 1.18. The van der Waals surface area contributed by atoms with Crippen molar-refractivity contribution >= 4 is 5.97 Å². The van der Waals surface area contributed by atoms with Crippen LogP contribution >= 0.6 is 0 Å². The second-order valence-electron chi connectivity index (χ2n) is 3.41. The van der Waals surface area contributed by atoms with E-state index in [1.807, 2.05) is 0 Å². The summed E-state index contributed by atoms with van der Waals surface area (Å²) in [5, 5.41) is 20.5. The Morgan fingerprint density at radius 2 is 2.25 bits per heavy atom. The van der Waals surface area contributed by atoms with Gasteiger partial charge in [0, 0.05) is 6.54 Å². The Labute approximate surface area is 71.6 Å². The number of carboxylic acid groups (broad SMARTS) is 1. The second-order valence-corrected chi connectivity index (χ2v) is 3.41. The Morgan fingerprint density at radius 1 is 1.67 bits per heavy atom. The van der Waals surface area contributed by atoms with Crippen LogP contribution in [0.3, 0.4) is 0 Å². The van der Waals surface area contributed by atoms with E-state index in [0.29, 0.717) is 6.54 Å². The SMILES string of the molecule is CC(O)CNC(C(=O)O)C1CC1. The van der Waals surface area contributed by atoms with E-state index < -0.39 is 18.1 Å². The Balaban J connectivity index is 2.28. The minimum absolute atomic E-state index is 0.279. The number of aliphatic hydroxyl groups is 1. The summed E-state index contributed by atoms with van der Waals surface area (Å²) >= 11 is 0. The number of hydrogen-bond acceptors (Lipinski definition) is 3. The molecule has 1 aliphatic rings. The van der Waals surface area contributed by atoms with E-state index in [-0.39, 0.29) is 5.92 Å². The van der Waals surface area contributed by atoms with E-state index in [4.69, 9.17) is 10.2 Å². The monoisotopic (exact) mass is 173 g/mol. The highest BCUT2D eigenvalue weighted by atomic mass is 16.4. The summed E-state index contributed by atoms with van der Waals surface area (Å²) in [6.45, 7) is 1.99. The van der Waals surface area contributed by atoms with Crippen LogP contribution in [0, 0.1) is 5.92 Å². The number of aliphatic carboxylic acids is 1. The van der Waals surface area contributed by atoms with Gasteiger partial charge >= 0.3 is 5.97 Å². The molecule has 1 aliphatic carbocycles. The van der Waals surface area contributed by atoms with Crippen LogP contribution in [0.15, 0.2) is 0 Å². The highest BCUT2D eigenvalue weighted by Crippen LogP contribution is 2.32. The van der Waals surface area contributed by atoms with Gasteiger partial charge in [-0.3, -0.25) is 4.79 Å². The van der Waals surface area contributed by atoms with Crippen molar-refractivity contribution in [3.05, 3.63) is 0 Å². The molecule has 2 atom stereocenters. The predicted octanol–water partition coefficient (Wildman–Crippen LogP) is -0.180. The summed E-state index contributed by atoms with van der Waals surface area (Å²) in [7, 11) is 0. The van der Waals surface area contributed by atoms with E-state index in [1.54, 1.807) is 6.92 Å². The van der Waals surface area contributed by atoms with E-state index in [2.05, 4.69) is 5.32 Å². The van der Waals surface area contributed by atoms with Crippen molar-refractivity contribution in [2.45, 2.75) is 31.9 Å². The maximum atomic E-state index is 10.6. The molecule has 0 amide bonds. The molecule has 0 aromatic heterocycles. The van der Waals surface area contributed by atoms with E-state index in [9.17, 15) is 4.79 Å². The normalized spacial score (nSPS) is 21.8. The number of rotatable bonds is 5. The molecule has 0 radical (unpaired) electrons. The smallest absolute Gasteiger partial charge is 0.320 e. The Morgan fingerprint density at radius 3 is 2.58 bits per heavy atom. The van der Waals surface area contributed by atoms with Crippen LogP contribution in [-0.2, 0) is 4.79 Å². The molecule has 12 heavy (non-hydrogen) atoms. The fraction of sp³-hybridized carbons (Fsp3) is 0.875. The minimum atomic E-state index is -0.807. The van der Waals surface area contributed by atoms with Crippen LogP contribution in [0.4, 0.5) is 0 Å². The van der Waals surface area contributed by atoms with Gasteiger partial charge in [-0.25, -0.2) is 0 Å². The number of nitrogens with one attached hydrogen (secondary N) is 1. The zero-order valence-corrected chi connectivity index (χ0v) is 7.16. The molecule has 1 fully saturated rings. The lowest BCUT2D eigenvalue weighted by molar-refractivity contribution is -0.140. The maximum Gasteiger partial charge on any atom is 0.320 e. The lowest BCUT2D eigenvalue weighted by Gasteiger charge is -2.14. The van der Waals surface area contributed by atoms with Gasteiger partial charge in [0.15, 0.2) is 0 Å². The van der Waals surface area contributed by atoms with Crippen molar-refractivity contribution in [1.82, 2.24) is 5.32 Å². The van der Waals surface area contributed by atoms with Gasteiger partial charge < -0.3 is 15.5 Å². The molecule has 0 aromatic carbocycles. The minimum Gasteiger partial charge on any atom is -0.480 e. The molecule has 0 saturated heterocycles. The number of hydrogen-bond donors (Lipinski definition) is 3. The van der Waals surface area contributed by atoms with Gasteiger partial charge in [0.1, 0.15) is 6.04 Å². The predicted molar refractivity (Wildman–Crippen MR) is 43.8 cm³/mol. The lowest BCUT2D eigenvalue weighted by atomic mass is 10.2. The van der Waals surface area contributed by atoms with Gasteiger partial charge in [-0.2, -0.15) is 0 Å². The van der Waals surface area contributed by atoms with Gasteiger partial charge in [0.05, 0.1) is 6.10 Å². The molecule has 1 rings (SSSR count). The molecule has 2 unspecified atom stereocenters. The van der Waals surface area contributed by atoms with E-state index in [1.165, 1.54) is 0 Å². The summed E-state index contributed by atoms with van der Waals surface area (Å²) in [6, 6.07) is -0.459. The summed E-state index contributed by atoms with van der Waals surface area (Å²) < 4.78 is 0. The average molecular weight is 173 g/mol. The van der Waals surface area contributed by atoms with Gasteiger partial charge in [0.25, 0.3) is 0 Å². The fourth-order valence-electron chi connectivity index (χ4n) is 1.18. The summed E-state index contributed by atoms with van der Waals surface area (Å²) in [5.74, 6) is -0.528. The highest BCUT2D eigenvalue weighted by Gasteiger charge is 2.35. The summed E-state index contributed by atoms with van der Waals surface area (Å²) in [5.41, 5.74) is 0. The van der Waals surface area contributed by atoms with Gasteiger partial charge in [-0.05, 0) is 25.7 Å². The lowest BCUT2D eigenvalue weighted by Crippen LogP contribution is -2.41. The Bertz CT molecular complexity index is 166. The molecule has 0 bridgehead atoms. The third-order valence-corrected chi connectivity index (χ3v) is 1.99. The molecule has 0 spiro atoms. The first-order valence-electron chi connectivity index (χ1n) is 4.25. The van der Waals surface area contributed by atoms with Crippen LogP contribution in [-0.4, -0.2) is 34.9 Å². The second kappa shape index (κ2) is 3.87. The first kappa shape index (κ1) is 9.48. The quantitative estimate of drug-likeness (QED) is 0.539. The molecular weight excluding hydrogens is 158 g/mol. The first-order chi connectivity index (χ1) is 5.61.